The summed E-state index contributed by atoms with van der Waals surface area (Å²) in [6.45, 7) is 13.0. The minimum atomic E-state index is -0.284. The summed E-state index contributed by atoms with van der Waals surface area (Å²) in [4.78, 5) is 12.8. The fourth-order valence-electron chi connectivity index (χ4n) is 4.96. The number of aliphatic hydroxyl groups is 2. The lowest BCUT2D eigenvalue weighted by molar-refractivity contribution is -0.126. The van der Waals surface area contributed by atoms with E-state index in [2.05, 4.69) is 41.5 Å². The minimum Gasteiger partial charge on any atom is -0.393 e. The summed E-state index contributed by atoms with van der Waals surface area (Å²) in [5.74, 6) is 0.286. The lowest BCUT2D eigenvalue weighted by atomic mass is 9.63. The monoisotopic (exact) mass is 310 g/mol. The molecule has 22 heavy (non-hydrogen) atoms. The van der Waals surface area contributed by atoms with Crippen LogP contribution in [-0.2, 0) is 4.79 Å². The van der Waals surface area contributed by atoms with E-state index < -0.39 is 0 Å². The van der Waals surface area contributed by atoms with Crippen LogP contribution < -0.4 is 0 Å². The summed E-state index contributed by atoms with van der Waals surface area (Å²) in [5, 5.41) is 20.0. The van der Waals surface area contributed by atoms with Crippen molar-refractivity contribution in [3.8, 4) is 0 Å². The Kier molecular flexibility index (Phi) is 4.33. The molecule has 0 radical (unpaired) electrons. The van der Waals surface area contributed by atoms with Crippen LogP contribution in [0.5, 0.6) is 0 Å². The Morgan fingerprint density at radius 3 is 1.32 bits per heavy atom. The third kappa shape index (κ3) is 2.99. The first-order valence-electron chi connectivity index (χ1n) is 8.68. The highest BCUT2D eigenvalue weighted by molar-refractivity contribution is 5.80. The molecule has 128 valence electrons. The summed E-state index contributed by atoms with van der Waals surface area (Å²) < 4.78 is 0. The van der Waals surface area contributed by atoms with E-state index in [1.165, 1.54) is 0 Å². The van der Waals surface area contributed by atoms with Crippen molar-refractivity contribution in [2.24, 2.45) is 21.7 Å². The van der Waals surface area contributed by atoms with Gasteiger partial charge in [-0.05, 0) is 47.3 Å². The Morgan fingerprint density at radius 1 is 0.773 bits per heavy atom. The van der Waals surface area contributed by atoms with Gasteiger partial charge >= 0.3 is 0 Å². The second-order valence-electron chi connectivity index (χ2n) is 9.91. The van der Waals surface area contributed by atoms with Gasteiger partial charge in [0.1, 0.15) is 5.78 Å². The quantitative estimate of drug-likeness (QED) is 0.832. The van der Waals surface area contributed by atoms with Crippen LogP contribution in [0.1, 0.15) is 80.1 Å². The van der Waals surface area contributed by atoms with E-state index in [1.54, 1.807) is 0 Å². The van der Waals surface area contributed by atoms with Crippen molar-refractivity contribution in [2.75, 3.05) is 0 Å². The molecular weight excluding hydrogens is 276 g/mol. The molecule has 0 spiro atoms. The maximum atomic E-state index is 12.8. The van der Waals surface area contributed by atoms with Gasteiger partial charge in [0.25, 0.3) is 0 Å². The number of hydrogen-bond acceptors (Lipinski definition) is 3. The van der Waals surface area contributed by atoms with Crippen LogP contribution in [0, 0.1) is 21.7 Å². The van der Waals surface area contributed by atoms with Crippen LogP contribution in [-0.4, -0.2) is 28.2 Å². The van der Waals surface area contributed by atoms with Crippen LogP contribution in [0.4, 0.5) is 0 Å². The number of rotatable bonds is 4. The van der Waals surface area contributed by atoms with Crippen molar-refractivity contribution in [3.63, 3.8) is 0 Å². The van der Waals surface area contributed by atoms with E-state index in [0.29, 0.717) is 25.7 Å². The van der Waals surface area contributed by atoms with Crippen LogP contribution in [0.3, 0.4) is 0 Å². The summed E-state index contributed by atoms with van der Waals surface area (Å²) >= 11 is 0. The van der Waals surface area contributed by atoms with Crippen LogP contribution in [0.2, 0.25) is 0 Å². The van der Waals surface area contributed by atoms with E-state index in [9.17, 15) is 15.0 Å². The van der Waals surface area contributed by atoms with Crippen molar-refractivity contribution >= 4 is 5.78 Å². The van der Waals surface area contributed by atoms with E-state index >= 15 is 0 Å². The smallest absolute Gasteiger partial charge is 0.134 e. The van der Waals surface area contributed by atoms with E-state index in [0.717, 1.165) is 12.8 Å². The molecule has 0 aliphatic heterocycles. The highest BCUT2D eigenvalue weighted by Crippen LogP contribution is 2.57. The molecule has 4 atom stereocenters. The predicted octanol–water partition coefficient (Wildman–Crippen LogP) is 3.71. The molecule has 0 heterocycles. The summed E-state index contributed by atoms with van der Waals surface area (Å²) in [6.07, 6.45) is 3.50. The van der Waals surface area contributed by atoms with E-state index in [4.69, 9.17) is 0 Å². The molecule has 2 fully saturated rings. The number of Topliss-reactive ketones (excluding diaryl/α,β-unsaturated/α-hetero) is 1. The van der Waals surface area contributed by atoms with Crippen LogP contribution >= 0.6 is 0 Å². The molecule has 3 nitrogen and oxygen atoms in total. The maximum absolute atomic E-state index is 12.8. The Labute approximate surface area is 135 Å². The third-order valence-corrected chi connectivity index (χ3v) is 7.31. The Balaban J connectivity index is 2.08. The zero-order valence-corrected chi connectivity index (χ0v) is 15.2. The lowest BCUT2D eigenvalue weighted by Crippen LogP contribution is -2.36. The summed E-state index contributed by atoms with van der Waals surface area (Å²) in [6, 6.07) is 0. The molecule has 0 aromatic carbocycles. The number of ketones is 1. The highest BCUT2D eigenvalue weighted by atomic mass is 16.3. The van der Waals surface area contributed by atoms with Gasteiger partial charge in [-0.15, -0.1) is 0 Å². The molecule has 3 heteroatoms. The molecular formula is C19H34O3. The van der Waals surface area contributed by atoms with Crippen molar-refractivity contribution in [1.82, 2.24) is 0 Å². The number of hydrogen-bond donors (Lipinski definition) is 2. The van der Waals surface area contributed by atoms with Crippen molar-refractivity contribution in [1.29, 1.82) is 0 Å². The second-order valence-corrected chi connectivity index (χ2v) is 9.91. The van der Waals surface area contributed by atoms with Gasteiger partial charge in [0.15, 0.2) is 0 Å². The zero-order chi connectivity index (χ0) is 17.0. The fourth-order valence-corrected chi connectivity index (χ4v) is 4.96. The molecule has 2 rings (SSSR count). The highest BCUT2D eigenvalue weighted by Gasteiger charge is 2.53. The summed E-state index contributed by atoms with van der Waals surface area (Å²) in [5.41, 5.74) is -0.260. The third-order valence-electron chi connectivity index (χ3n) is 7.31. The molecule has 2 aliphatic rings. The van der Waals surface area contributed by atoms with Crippen molar-refractivity contribution < 1.29 is 15.0 Å². The number of carbonyl (C=O) groups is 1. The van der Waals surface area contributed by atoms with E-state index in [1.807, 2.05) is 0 Å². The van der Waals surface area contributed by atoms with Crippen molar-refractivity contribution in [2.45, 2.75) is 92.3 Å². The molecule has 2 N–H and O–H groups in total. The fraction of sp³-hybridized carbons (Fsp3) is 0.947. The molecule has 2 unspecified atom stereocenters. The molecule has 2 aliphatic carbocycles. The first-order chi connectivity index (χ1) is 9.80. The van der Waals surface area contributed by atoms with Crippen molar-refractivity contribution in [3.05, 3.63) is 0 Å². The Bertz CT molecular complexity index is 414. The first kappa shape index (κ1) is 17.9. The molecule has 0 aromatic heterocycles. The molecule has 0 saturated heterocycles. The minimum absolute atomic E-state index is 0.00626. The molecule has 0 bridgehead atoms. The van der Waals surface area contributed by atoms with Gasteiger partial charge in [0, 0.05) is 12.8 Å². The van der Waals surface area contributed by atoms with Gasteiger partial charge in [-0.25, -0.2) is 0 Å². The molecule has 0 amide bonds. The van der Waals surface area contributed by atoms with E-state index in [-0.39, 0.29) is 39.7 Å². The standard InChI is InChI=1S/C19H34O3/c1-16(2)7-13(20)9-18(16,5)11-15(22)12-19(6)10-14(21)8-17(19,3)4/h13-14,20-21H,7-12H2,1-6H3/t13-,14?,18-,19?/m0/s1. The normalized spacial score (nSPS) is 43.5. The average Bonchev–Trinajstić information content (AvgIpc) is 2.54. The second kappa shape index (κ2) is 5.31. The molecule has 0 aromatic rings. The largest absolute Gasteiger partial charge is 0.393 e. The predicted molar refractivity (Wildman–Crippen MR) is 88.5 cm³/mol. The molecule has 2 saturated carbocycles. The van der Waals surface area contributed by atoms with Gasteiger partial charge in [-0.2, -0.15) is 0 Å². The van der Waals surface area contributed by atoms with Gasteiger partial charge < -0.3 is 10.2 Å². The lowest BCUT2D eigenvalue weighted by Gasteiger charge is -2.41. The van der Waals surface area contributed by atoms with Gasteiger partial charge in [-0.1, -0.05) is 41.5 Å². The first-order valence-corrected chi connectivity index (χ1v) is 8.68. The van der Waals surface area contributed by atoms with Crippen LogP contribution in [0.15, 0.2) is 0 Å². The summed E-state index contributed by atoms with van der Waals surface area (Å²) in [7, 11) is 0. The van der Waals surface area contributed by atoms with Gasteiger partial charge in [0.2, 0.25) is 0 Å². The van der Waals surface area contributed by atoms with Gasteiger partial charge in [0.05, 0.1) is 12.2 Å². The topological polar surface area (TPSA) is 57.5 Å². The van der Waals surface area contributed by atoms with Gasteiger partial charge in [-0.3, -0.25) is 4.79 Å². The Hall–Kier alpha value is -0.410. The SMILES string of the molecule is CC1(C)CC(O)CC1(C)CC(=O)C[C@]1(C)C[C@@H](O)CC1(C)C. The maximum Gasteiger partial charge on any atom is 0.134 e. The number of carbonyl (C=O) groups excluding carboxylic acids is 1. The number of aliphatic hydroxyl groups excluding tert-OH is 2. The Morgan fingerprint density at radius 2 is 1.09 bits per heavy atom. The average molecular weight is 310 g/mol. The van der Waals surface area contributed by atoms with Crippen LogP contribution in [0.25, 0.3) is 0 Å². The zero-order valence-electron chi connectivity index (χ0n) is 15.2.